The van der Waals surface area contributed by atoms with Crippen LogP contribution < -0.4 is 20.9 Å². The van der Waals surface area contributed by atoms with E-state index in [0.29, 0.717) is 53.1 Å². The number of aromatic amines is 1. The zero-order chi connectivity index (χ0) is 38.9. The van der Waals surface area contributed by atoms with Crippen LogP contribution in [-0.4, -0.2) is 83.5 Å². The maximum absolute atomic E-state index is 13.5. The van der Waals surface area contributed by atoms with Gasteiger partial charge in [-0.1, -0.05) is 61.4 Å². The largest absolute Gasteiger partial charge is 0.506 e. The highest BCUT2D eigenvalue weighted by Gasteiger charge is 2.48. The van der Waals surface area contributed by atoms with E-state index in [1.807, 2.05) is 71.4 Å². The number of carbonyl (C=O) groups is 2. The van der Waals surface area contributed by atoms with E-state index in [2.05, 4.69) is 15.6 Å². The van der Waals surface area contributed by atoms with E-state index < -0.39 is 18.2 Å². The Bertz CT molecular complexity index is 2130. The summed E-state index contributed by atoms with van der Waals surface area (Å²) < 4.78 is 13.0. The molecule has 0 spiro atoms. The number of ketones is 1. The van der Waals surface area contributed by atoms with Gasteiger partial charge in [0.2, 0.25) is 11.3 Å². The first-order valence-electron chi connectivity index (χ1n) is 19.7. The van der Waals surface area contributed by atoms with Gasteiger partial charge in [0.25, 0.3) is 0 Å². The highest BCUT2D eigenvalue weighted by atomic mass is 32.1. The number of rotatable bonds is 18. The van der Waals surface area contributed by atoms with E-state index in [1.165, 1.54) is 12.1 Å². The molecule has 56 heavy (non-hydrogen) atoms. The maximum atomic E-state index is 13.5. The molecule has 0 radical (unpaired) electrons. The highest BCUT2D eigenvalue weighted by Crippen LogP contribution is 2.36. The number of ether oxygens (including phenoxy) is 2. The predicted octanol–water partition coefficient (Wildman–Crippen LogP) is 6.87. The molecule has 2 unspecified atom stereocenters. The van der Waals surface area contributed by atoms with Gasteiger partial charge in [0, 0.05) is 42.3 Å². The van der Waals surface area contributed by atoms with E-state index >= 15 is 0 Å². The van der Waals surface area contributed by atoms with Crippen LogP contribution in [0.4, 0.5) is 4.79 Å². The third kappa shape index (κ3) is 9.67. The van der Waals surface area contributed by atoms with Gasteiger partial charge >= 0.3 is 6.09 Å². The molecule has 12 heteroatoms. The van der Waals surface area contributed by atoms with Crippen LogP contribution in [0.1, 0.15) is 77.7 Å². The Morgan fingerprint density at radius 1 is 0.929 bits per heavy atom. The summed E-state index contributed by atoms with van der Waals surface area (Å²) in [6.45, 7) is 4.64. The molecule has 5 N–H and O–H groups in total. The summed E-state index contributed by atoms with van der Waals surface area (Å²) in [6, 6.07) is 25.1. The van der Waals surface area contributed by atoms with Gasteiger partial charge in [0.1, 0.15) is 24.6 Å². The summed E-state index contributed by atoms with van der Waals surface area (Å²) in [7, 11) is 0. The van der Waals surface area contributed by atoms with Gasteiger partial charge < -0.3 is 39.8 Å². The average Bonchev–Trinajstić information content (AvgIpc) is 3.75. The number of aliphatic hydroxyl groups is 1. The minimum absolute atomic E-state index is 0.0272. The average molecular weight is 780 g/mol. The lowest BCUT2D eigenvalue weighted by molar-refractivity contribution is -0.938. The quantitative estimate of drug-likeness (QED) is 0.0368. The number of benzene rings is 3. The number of phenolic OH excluding ortho intramolecular Hbond substituents is 1. The normalized spacial score (nSPS) is 20.0. The maximum Gasteiger partial charge on any atom is 0.408 e. The SMILES string of the molecule is O=C(NC(c1ccsc1)c1cccc(OCCCCCCNCC(O)c2ccc(O)c3[nH]c(=O)ccc23)c1)O[C@H]1C[N+]2(CC(=O)c3ccccc3)CCC1CC2. The molecule has 3 fully saturated rings. The fourth-order valence-corrected chi connectivity index (χ4v) is 8.95. The smallest absolute Gasteiger partial charge is 0.408 e. The van der Waals surface area contributed by atoms with Crippen molar-refractivity contribution in [3.63, 3.8) is 0 Å². The van der Waals surface area contributed by atoms with Crippen molar-refractivity contribution in [2.75, 3.05) is 45.9 Å². The Hall–Kier alpha value is -5.01. The minimum Gasteiger partial charge on any atom is -0.506 e. The zero-order valence-corrected chi connectivity index (χ0v) is 32.3. The van der Waals surface area contributed by atoms with Gasteiger partial charge in [-0.05, 0) is 77.2 Å². The molecule has 3 aliphatic heterocycles. The van der Waals surface area contributed by atoms with Gasteiger partial charge in [-0.15, -0.1) is 0 Å². The topological polar surface area (TPSA) is 150 Å². The molecular weight excluding hydrogens is 729 g/mol. The van der Waals surface area contributed by atoms with Crippen LogP contribution in [0.25, 0.3) is 10.9 Å². The third-order valence-electron chi connectivity index (χ3n) is 11.3. The highest BCUT2D eigenvalue weighted by molar-refractivity contribution is 7.08. The zero-order valence-electron chi connectivity index (χ0n) is 31.5. The summed E-state index contributed by atoms with van der Waals surface area (Å²) in [5, 5.41) is 32.0. The molecule has 2 bridgehead atoms. The van der Waals surface area contributed by atoms with E-state index in [4.69, 9.17) is 9.47 Å². The molecule has 8 rings (SSSR count). The molecule has 3 atom stereocenters. The summed E-state index contributed by atoms with van der Waals surface area (Å²) >= 11 is 1.58. The van der Waals surface area contributed by atoms with Gasteiger partial charge in [0.05, 0.1) is 37.4 Å². The molecule has 1 amide bonds. The van der Waals surface area contributed by atoms with Gasteiger partial charge in [-0.2, -0.15) is 11.3 Å². The number of aromatic hydroxyl groups is 1. The van der Waals surface area contributed by atoms with Crippen molar-refractivity contribution in [3.05, 3.63) is 128 Å². The second-order valence-electron chi connectivity index (χ2n) is 15.2. The Morgan fingerprint density at radius 3 is 2.55 bits per heavy atom. The van der Waals surface area contributed by atoms with E-state index in [-0.39, 0.29) is 23.2 Å². The summed E-state index contributed by atoms with van der Waals surface area (Å²) in [6.07, 6.45) is 4.26. The van der Waals surface area contributed by atoms with Crippen molar-refractivity contribution < 1.29 is 33.8 Å². The molecule has 3 aliphatic rings. The number of phenols is 1. The van der Waals surface area contributed by atoms with Crippen LogP contribution >= 0.6 is 11.3 Å². The Kier molecular flexibility index (Phi) is 12.8. The number of hydrogen-bond acceptors (Lipinski definition) is 9. The summed E-state index contributed by atoms with van der Waals surface area (Å²) in [5.74, 6) is 1.16. The molecule has 2 aromatic heterocycles. The number of pyridine rings is 1. The van der Waals surface area contributed by atoms with Gasteiger partial charge in [-0.3, -0.25) is 9.59 Å². The molecule has 5 aromatic rings. The Balaban J connectivity index is 0.851. The van der Waals surface area contributed by atoms with E-state index in [1.54, 1.807) is 23.5 Å². The summed E-state index contributed by atoms with van der Waals surface area (Å²) in [5.41, 5.74) is 3.28. The second kappa shape index (κ2) is 18.3. The molecule has 11 nitrogen and oxygen atoms in total. The number of H-pyrrole nitrogens is 1. The van der Waals surface area contributed by atoms with Crippen LogP contribution in [0.15, 0.2) is 100 Å². The number of carbonyl (C=O) groups excluding carboxylic acids is 2. The first-order chi connectivity index (χ1) is 27.3. The van der Waals surface area contributed by atoms with Crippen molar-refractivity contribution in [2.45, 2.75) is 56.8 Å². The number of thiophene rings is 1. The van der Waals surface area contributed by atoms with Crippen LogP contribution in [0.5, 0.6) is 11.5 Å². The lowest BCUT2D eigenvalue weighted by Gasteiger charge is -2.51. The fraction of sp³-hybridized carbons (Fsp3) is 0.386. The standard InChI is InChI=1S/C44H50N4O7S/c49-37-15-13-35(36-14-16-41(52)46-43(36)37)38(50)26-45-20-6-1-2-7-23-54-34-12-8-11-32(25-34)42(33-19-24-56-29-33)47-44(53)55-40-28-48(21-17-31(40)18-22-48)27-39(51)30-9-4-3-5-10-30/h3-5,8-16,19,24-25,29,31,38,40,42,45,50H,1-2,6-7,17-18,20-23,26-28H2,(H2-,46,47,49,52,53)/p+1/t31?,38?,40-,42?,48?/m0/s1. The number of unbranched alkanes of at least 4 members (excludes halogenated alkanes) is 3. The number of fused-ring (bicyclic) bond motifs is 4. The molecule has 0 saturated carbocycles. The van der Waals surface area contributed by atoms with Crippen LogP contribution in [-0.2, 0) is 4.74 Å². The number of nitrogens with zero attached hydrogens (tertiary/aromatic N) is 1. The number of hydrogen-bond donors (Lipinski definition) is 5. The minimum atomic E-state index is -0.782. The third-order valence-corrected chi connectivity index (χ3v) is 12.0. The van der Waals surface area contributed by atoms with Crippen LogP contribution in [0.3, 0.4) is 0 Å². The molecule has 3 saturated heterocycles. The van der Waals surface area contributed by atoms with Gasteiger partial charge in [0.15, 0.2) is 6.10 Å². The van der Waals surface area contributed by atoms with Crippen LogP contribution in [0.2, 0.25) is 0 Å². The lowest BCUT2D eigenvalue weighted by Crippen LogP contribution is -2.66. The predicted molar refractivity (Wildman–Crippen MR) is 217 cm³/mol. The number of alkyl carbamates (subject to hydrolysis) is 1. The summed E-state index contributed by atoms with van der Waals surface area (Å²) in [4.78, 5) is 41.0. The van der Waals surface area contributed by atoms with Crippen molar-refractivity contribution in [3.8, 4) is 11.5 Å². The number of aromatic nitrogens is 1. The van der Waals surface area contributed by atoms with E-state index in [9.17, 15) is 24.6 Å². The number of Topliss-reactive ketones (excluding diaryl/α,β-unsaturated/α-hetero) is 1. The molecular formula is C44H51N4O7S+. The van der Waals surface area contributed by atoms with Crippen molar-refractivity contribution in [1.82, 2.24) is 15.6 Å². The number of nitrogens with one attached hydrogen (secondary N) is 3. The number of aliphatic hydroxyl groups excluding tert-OH is 1. The molecule has 0 aliphatic carbocycles. The number of quaternary nitrogens is 1. The molecule has 294 valence electrons. The second-order valence-corrected chi connectivity index (χ2v) is 16.0. The first kappa shape index (κ1) is 39.2. The first-order valence-corrected chi connectivity index (χ1v) is 20.6. The molecule has 3 aromatic carbocycles. The number of amides is 1. The van der Waals surface area contributed by atoms with E-state index in [0.717, 1.165) is 80.6 Å². The van der Waals surface area contributed by atoms with Crippen molar-refractivity contribution in [1.29, 1.82) is 0 Å². The van der Waals surface area contributed by atoms with Crippen molar-refractivity contribution in [2.24, 2.45) is 5.92 Å². The molecule has 5 heterocycles. The lowest BCUT2D eigenvalue weighted by atomic mass is 9.83. The van der Waals surface area contributed by atoms with Crippen LogP contribution in [0, 0.1) is 5.92 Å². The monoisotopic (exact) mass is 779 g/mol. The van der Waals surface area contributed by atoms with Gasteiger partial charge in [-0.25, -0.2) is 4.79 Å². The number of piperidine rings is 3. The Morgan fingerprint density at radius 2 is 1.75 bits per heavy atom. The fourth-order valence-electron chi connectivity index (χ4n) is 8.26. The Labute approximate surface area is 330 Å². The van der Waals surface area contributed by atoms with Crippen molar-refractivity contribution >= 4 is 34.1 Å².